The second kappa shape index (κ2) is 32.4. The van der Waals surface area contributed by atoms with Gasteiger partial charge in [0.25, 0.3) is 5.91 Å². The number of ether oxygens (including phenoxy) is 7. The fourth-order valence-electron chi connectivity index (χ4n) is 12.9. The Hall–Kier alpha value is -10.1. The average Bonchev–Trinajstić information content (AvgIpc) is 1.52. The number of fused-ring (bicyclic) bond motifs is 9. The van der Waals surface area contributed by atoms with Crippen LogP contribution in [-0.4, -0.2) is 119 Å². The topological polar surface area (TPSA) is 251 Å². The lowest BCUT2D eigenvalue weighted by atomic mass is 9.74. The van der Waals surface area contributed by atoms with Crippen LogP contribution in [0.2, 0.25) is 0 Å². The first-order valence-corrected chi connectivity index (χ1v) is 33.1. The van der Waals surface area contributed by atoms with E-state index in [2.05, 4.69) is 51.4 Å². The van der Waals surface area contributed by atoms with Gasteiger partial charge in [0.1, 0.15) is 30.9 Å². The Morgan fingerprint density at radius 3 is 2.11 bits per heavy atom. The molecular weight excluding hydrogens is 1220 g/mol. The molecule has 506 valence electrons. The zero-order valence-corrected chi connectivity index (χ0v) is 55.3. The maximum Gasteiger partial charge on any atom is 0.414 e. The number of rotatable bonds is 26. The molecule has 96 heavy (non-hydrogen) atoms. The van der Waals surface area contributed by atoms with Gasteiger partial charge in [-0.3, -0.25) is 24.1 Å². The van der Waals surface area contributed by atoms with Gasteiger partial charge >= 0.3 is 18.3 Å². The van der Waals surface area contributed by atoms with Gasteiger partial charge in [-0.05, 0) is 155 Å². The zero-order chi connectivity index (χ0) is 67.7. The summed E-state index contributed by atoms with van der Waals surface area (Å²) in [4.78, 5) is 100. The van der Waals surface area contributed by atoms with Crippen LogP contribution in [0.5, 0.6) is 23.0 Å². The van der Waals surface area contributed by atoms with Crippen molar-refractivity contribution in [2.75, 3.05) is 74.1 Å². The number of anilines is 4. The molecule has 0 saturated carbocycles. The Labute approximate surface area is 560 Å². The molecule has 0 fully saturated rings. The summed E-state index contributed by atoms with van der Waals surface area (Å²) in [6.45, 7) is 10.4. The van der Waals surface area contributed by atoms with Crippen LogP contribution in [-0.2, 0) is 49.7 Å². The first kappa shape index (κ1) is 68.8. The molecule has 0 saturated heterocycles. The number of methoxy groups -OCH3 is 2. The first-order valence-electron chi connectivity index (χ1n) is 33.1. The minimum atomic E-state index is -1.11. The molecule has 21 heteroatoms. The van der Waals surface area contributed by atoms with Crippen LogP contribution < -0.4 is 55.3 Å². The second-order valence-electron chi connectivity index (χ2n) is 25.6. The highest BCUT2D eigenvalue weighted by Gasteiger charge is 2.39. The number of amides is 6. The largest absolute Gasteiger partial charge is 0.493 e. The number of hydrogen-bond donors (Lipinski definition) is 5. The molecule has 5 atom stereocenters. The Kier molecular flexibility index (Phi) is 23.2. The number of carbonyl (C=O) groups excluding carboxylic acids is 7. The van der Waals surface area contributed by atoms with Crippen molar-refractivity contribution in [1.82, 2.24) is 16.0 Å². The van der Waals surface area contributed by atoms with Crippen molar-refractivity contribution >= 4 is 64.5 Å². The Balaban J connectivity index is 0.797. The number of Topliss-reactive ketones (excluding diaryl/α,β-unsaturated/α-hetero) is 1. The fraction of sp³-hybridized carbons (Fsp3) is 0.400. The highest BCUT2D eigenvalue weighted by Crippen LogP contribution is 2.44. The molecule has 10 rings (SSSR count). The summed E-state index contributed by atoms with van der Waals surface area (Å²) in [5, 5.41) is 14.6. The summed E-state index contributed by atoms with van der Waals surface area (Å²) in [7, 11) is 3.09. The molecule has 6 aromatic rings. The molecule has 21 nitrogen and oxygen atoms in total. The Bertz CT molecular complexity index is 3760. The number of alkyl carbamates (subject to hydrolysis) is 2. The normalized spacial score (nSPS) is 16.7. The van der Waals surface area contributed by atoms with E-state index in [9.17, 15) is 33.6 Å². The van der Waals surface area contributed by atoms with Crippen LogP contribution in [0.15, 0.2) is 140 Å². The van der Waals surface area contributed by atoms with Gasteiger partial charge in [0.05, 0.1) is 50.4 Å². The summed E-state index contributed by atoms with van der Waals surface area (Å²) >= 11 is 0. The number of para-hydroxylation sites is 1. The standard InChI is InChI=1S/C75H87N7O14/c1-7-34-94-73(88)80-61(39-48-20-10-8-11-21-48)70(85)79-59(25-16-17-33-76-72(87)96-75(2,3)4)69(84)78-54-30-27-49(28-31-54)47-95-74(89)81-46-50-37-51-22-12-14-24-56(51)52(38-50)29-32-64(83)58-42-66(91-6)68(44-63(58)81)93-36-19-9-18-35-92-67-43-60-57(41-65(67)90-5)71(86)82-55(45-77-60)40-53-23-13-15-26-62(53)82/h7-8,10-15,20-24,26-28,30-31,41-44,50,52,55,59,61,77H,1,9,16-19,25,29,32-40,45-47H2,2-6H3,(H,76,87)(H,78,84)(H,79,85)(H,80,88)/t50-,52?,55+,59+,61+/m1/s1. The lowest BCUT2D eigenvalue weighted by Crippen LogP contribution is -2.53. The summed E-state index contributed by atoms with van der Waals surface area (Å²) in [5.74, 6) is 0.501. The van der Waals surface area contributed by atoms with Crippen LogP contribution in [0.25, 0.3) is 0 Å². The molecule has 6 aromatic carbocycles. The SMILES string of the molecule is C=CCOC(=O)N[C@@H](Cc1ccccc1)C(=O)N[C@@H](CCCCNC(=O)OC(C)(C)C)C(=O)Nc1ccc(COC(=O)N2C[C@@H]3Cc4ccccc4C(CCC(=O)c4cc(OC)c(OCCCCCOc5cc6c(cc5OC)C(=O)N5c7ccccc7C[C@H]5CN6)cc42)C3)cc1. The molecule has 1 aliphatic carbocycles. The number of ketones is 1. The van der Waals surface area contributed by atoms with Gasteiger partial charge in [-0.25, -0.2) is 14.4 Å². The third kappa shape index (κ3) is 17.8. The highest BCUT2D eigenvalue weighted by atomic mass is 16.6. The van der Waals surface area contributed by atoms with Gasteiger partial charge in [0.15, 0.2) is 28.8 Å². The van der Waals surface area contributed by atoms with E-state index in [0.717, 1.165) is 42.5 Å². The van der Waals surface area contributed by atoms with E-state index < -0.39 is 47.8 Å². The van der Waals surface area contributed by atoms with Gasteiger partial charge in [-0.2, -0.15) is 0 Å². The molecular formula is C75H87N7O14. The molecule has 2 bridgehead atoms. The van der Waals surface area contributed by atoms with E-state index >= 15 is 0 Å². The predicted octanol–water partition coefficient (Wildman–Crippen LogP) is 12.4. The van der Waals surface area contributed by atoms with Gasteiger partial charge < -0.3 is 64.6 Å². The number of benzene rings is 6. The van der Waals surface area contributed by atoms with Crippen LogP contribution in [0.4, 0.5) is 37.1 Å². The van der Waals surface area contributed by atoms with E-state index in [-0.39, 0.29) is 75.1 Å². The fourth-order valence-corrected chi connectivity index (χ4v) is 12.9. The van der Waals surface area contributed by atoms with E-state index in [1.165, 1.54) is 24.3 Å². The molecule has 6 amide bonds. The van der Waals surface area contributed by atoms with E-state index in [0.29, 0.717) is 109 Å². The monoisotopic (exact) mass is 1310 g/mol. The lowest BCUT2D eigenvalue weighted by Gasteiger charge is -2.36. The van der Waals surface area contributed by atoms with Crippen molar-refractivity contribution in [2.45, 2.75) is 134 Å². The number of carbonyl (C=O) groups is 7. The summed E-state index contributed by atoms with van der Waals surface area (Å²) in [6.07, 6.45) is 5.73. The van der Waals surface area contributed by atoms with Crippen molar-refractivity contribution in [2.24, 2.45) is 5.92 Å². The third-order valence-corrected chi connectivity index (χ3v) is 17.6. The Morgan fingerprint density at radius 2 is 1.39 bits per heavy atom. The maximum atomic E-state index is 14.8. The third-order valence-electron chi connectivity index (χ3n) is 17.6. The summed E-state index contributed by atoms with van der Waals surface area (Å²) in [5.41, 5.74) is 7.49. The minimum absolute atomic E-state index is 0.00469. The highest BCUT2D eigenvalue weighted by molar-refractivity contribution is 6.12. The Morgan fingerprint density at radius 1 is 0.688 bits per heavy atom. The van der Waals surface area contributed by atoms with Crippen LogP contribution in [0.1, 0.15) is 133 Å². The van der Waals surface area contributed by atoms with Crippen LogP contribution in [0.3, 0.4) is 0 Å². The molecule has 3 aliphatic heterocycles. The molecule has 0 spiro atoms. The molecule has 4 aliphatic rings. The van der Waals surface area contributed by atoms with Crippen LogP contribution >= 0.6 is 0 Å². The number of nitrogens with zero attached hydrogens (tertiary/aromatic N) is 2. The number of unbranched alkanes of at least 4 members (excludes halogenated alkanes) is 3. The maximum absolute atomic E-state index is 14.8. The van der Waals surface area contributed by atoms with Gasteiger partial charge in [0, 0.05) is 61.5 Å². The smallest absolute Gasteiger partial charge is 0.414 e. The van der Waals surface area contributed by atoms with Crippen molar-refractivity contribution in [3.05, 3.63) is 179 Å². The van der Waals surface area contributed by atoms with Gasteiger partial charge in [-0.1, -0.05) is 97.6 Å². The molecule has 5 N–H and O–H groups in total. The molecule has 1 unspecified atom stereocenters. The zero-order valence-electron chi connectivity index (χ0n) is 55.3. The lowest BCUT2D eigenvalue weighted by molar-refractivity contribution is -0.128. The van der Waals surface area contributed by atoms with Crippen molar-refractivity contribution in [1.29, 1.82) is 0 Å². The first-order chi connectivity index (χ1) is 46.4. The molecule has 0 aromatic heterocycles. The average molecular weight is 1310 g/mol. The number of hydrogen-bond acceptors (Lipinski definition) is 15. The van der Waals surface area contributed by atoms with E-state index in [4.69, 9.17) is 33.2 Å². The van der Waals surface area contributed by atoms with Crippen molar-refractivity contribution in [3.8, 4) is 23.0 Å². The van der Waals surface area contributed by atoms with E-state index in [1.54, 1.807) is 75.2 Å². The minimum Gasteiger partial charge on any atom is -0.493 e. The predicted molar refractivity (Wildman–Crippen MR) is 366 cm³/mol. The van der Waals surface area contributed by atoms with Gasteiger partial charge in [0.2, 0.25) is 11.8 Å². The summed E-state index contributed by atoms with van der Waals surface area (Å²) < 4.78 is 41.0. The van der Waals surface area contributed by atoms with Crippen molar-refractivity contribution in [3.63, 3.8) is 0 Å². The second-order valence-corrected chi connectivity index (χ2v) is 25.6. The van der Waals surface area contributed by atoms with Crippen LogP contribution in [0, 0.1) is 5.92 Å². The van der Waals surface area contributed by atoms with Crippen molar-refractivity contribution < 1.29 is 66.7 Å². The summed E-state index contributed by atoms with van der Waals surface area (Å²) in [6, 6.07) is 37.0. The number of nitrogens with one attached hydrogen (secondary N) is 5. The molecule has 0 radical (unpaired) electrons. The van der Waals surface area contributed by atoms with Gasteiger partial charge in [-0.15, -0.1) is 0 Å². The van der Waals surface area contributed by atoms with E-state index in [1.807, 2.05) is 71.6 Å². The molecule has 3 heterocycles. The quantitative estimate of drug-likeness (QED) is 0.0192.